The van der Waals surface area contributed by atoms with Crippen molar-refractivity contribution in [3.05, 3.63) is 102 Å². The quantitative estimate of drug-likeness (QED) is 0.219. The molecule has 44 heavy (non-hydrogen) atoms. The van der Waals surface area contributed by atoms with Crippen molar-refractivity contribution < 1.29 is 9.00 Å². The Kier molecular flexibility index (Phi) is 8.33. The Bertz CT molecular complexity index is 1810. The molecule has 0 radical (unpaired) electrons. The zero-order valence-corrected chi connectivity index (χ0v) is 26.4. The normalized spacial score (nSPS) is 14.5. The third kappa shape index (κ3) is 6.59. The molecule has 2 amide bonds. The number of nitrogens with zero attached hydrogens (tertiary/aromatic N) is 4. The van der Waals surface area contributed by atoms with E-state index in [0.29, 0.717) is 11.5 Å². The monoisotopic (exact) mass is 606 g/mol. The van der Waals surface area contributed by atoms with Gasteiger partial charge < -0.3 is 5.32 Å². The van der Waals surface area contributed by atoms with E-state index in [-0.39, 0.29) is 11.4 Å². The Balaban J connectivity index is 1.23. The molecule has 1 fully saturated rings. The topological polar surface area (TPSA) is 92.2 Å². The number of aromatic nitrogens is 3. The van der Waals surface area contributed by atoms with Crippen molar-refractivity contribution >= 4 is 39.1 Å². The Labute approximate surface area is 261 Å². The molecule has 1 aliphatic heterocycles. The highest BCUT2D eigenvalue weighted by atomic mass is 32.2. The molecule has 0 spiro atoms. The fourth-order valence-electron chi connectivity index (χ4n) is 5.39. The predicted molar refractivity (Wildman–Crippen MR) is 180 cm³/mol. The van der Waals surface area contributed by atoms with Crippen molar-refractivity contribution in [3.8, 4) is 16.8 Å². The summed E-state index contributed by atoms with van der Waals surface area (Å²) in [5.41, 5.74) is 6.51. The lowest BCUT2D eigenvalue weighted by atomic mass is 9.92. The van der Waals surface area contributed by atoms with Crippen LogP contribution < -0.4 is 10.6 Å². The number of hydrogen-bond donors (Lipinski definition) is 2. The summed E-state index contributed by atoms with van der Waals surface area (Å²) in [5.74, 6) is 2.06. The van der Waals surface area contributed by atoms with E-state index in [9.17, 15) is 9.00 Å². The smallest absolute Gasteiger partial charge is 0.307 e. The maximum absolute atomic E-state index is 13.4. The lowest BCUT2D eigenvalue weighted by molar-refractivity contribution is 0.262. The SMILES string of the molecule is Cc1ccc(-n2nc(C(C)(C)C)cc2NC(=O)Nc2ccc(-c3ccc(CN4CCS(=O)CC4)nc3)c3ccccc23)cc1. The van der Waals surface area contributed by atoms with Gasteiger partial charge in [0.25, 0.3) is 0 Å². The second-order valence-electron chi connectivity index (χ2n) is 12.4. The number of amides is 2. The van der Waals surface area contributed by atoms with Crippen molar-refractivity contribution in [1.29, 1.82) is 0 Å². The first-order valence-corrected chi connectivity index (χ1v) is 16.4. The summed E-state index contributed by atoms with van der Waals surface area (Å²) in [6, 6.07) is 25.9. The lowest BCUT2D eigenvalue weighted by Gasteiger charge is -2.25. The Morgan fingerprint density at radius 2 is 1.64 bits per heavy atom. The van der Waals surface area contributed by atoms with E-state index in [0.717, 1.165) is 75.7 Å². The molecule has 226 valence electrons. The zero-order valence-electron chi connectivity index (χ0n) is 25.6. The van der Waals surface area contributed by atoms with Crippen LogP contribution in [0.5, 0.6) is 0 Å². The van der Waals surface area contributed by atoms with Crippen LogP contribution in [0.2, 0.25) is 0 Å². The molecular weight excluding hydrogens is 568 g/mol. The van der Waals surface area contributed by atoms with E-state index in [2.05, 4.69) is 54.5 Å². The second-order valence-corrected chi connectivity index (χ2v) is 14.1. The minimum absolute atomic E-state index is 0.183. The summed E-state index contributed by atoms with van der Waals surface area (Å²) in [6.45, 7) is 10.8. The summed E-state index contributed by atoms with van der Waals surface area (Å²) in [6.07, 6.45) is 1.91. The van der Waals surface area contributed by atoms with Gasteiger partial charge in [-0.3, -0.25) is 19.4 Å². The molecule has 2 N–H and O–H groups in total. The van der Waals surface area contributed by atoms with E-state index in [1.165, 1.54) is 0 Å². The molecule has 9 heteroatoms. The van der Waals surface area contributed by atoms with Gasteiger partial charge in [0.05, 0.1) is 22.8 Å². The van der Waals surface area contributed by atoms with E-state index in [1.807, 2.05) is 73.8 Å². The zero-order chi connectivity index (χ0) is 30.8. The first kappa shape index (κ1) is 29.7. The van der Waals surface area contributed by atoms with Crippen molar-refractivity contribution in [2.24, 2.45) is 0 Å². The third-order valence-corrected chi connectivity index (χ3v) is 9.24. The van der Waals surface area contributed by atoms with Gasteiger partial charge in [0, 0.05) is 70.6 Å². The summed E-state index contributed by atoms with van der Waals surface area (Å²) in [4.78, 5) is 20.5. The average Bonchev–Trinajstić information content (AvgIpc) is 3.44. The minimum atomic E-state index is -0.686. The maximum atomic E-state index is 13.4. The van der Waals surface area contributed by atoms with Crippen molar-refractivity contribution in [1.82, 2.24) is 19.7 Å². The first-order valence-electron chi connectivity index (χ1n) is 14.9. The van der Waals surface area contributed by atoms with Gasteiger partial charge in [-0.1, -0.05) is 74.9 Å². The molecule has 8 nitrogen and oxygen atoms in total. The number of carbonyl (C=O) groups is 1. The number of rotatable bonds is 6. The molecule has 0 atom stereocenters. The maximum Gasteiger partial charge on any atom is 0.324 e. The summed E-state index contributed by atoms with van der Waals surface area (Å²) >= 11 is 0. The van der Waals surface area contributed by atoms with Crippen LogP contribution in [0.4, 0.5) is 16.3 Å². The van der Waals surface area contributed by atoms with Crippen LogP contribution in [0, 0.1) is 6.92 Å². The van der Waals surface area contributed by atoms with Crippen molar-refractivity contribution in [3.63, 3.8) is 0 Å². The van der Waals surface area contributed by atoms with Crippen LogP contribution in [-0.4, -0.2) is 54.5 Å². The number of pyridine rings is 1. The molecule has 0 aliphatic carbocycles. The molecule has 1 aliphatic rings. The van der Waals surface area contributed by atoms with Crippen LogP contribution in [0.15, 0.2) is 85.1 Å². The molecule has 5 aromatic rings. The number of urea groups is 1. The minimum Gasteiger partial charge on any atom is -0.307 e. The second kappa shape index (κ2) is 12.3. The van der Waals surface area contributed by atoms with Crippen LogP contribution >= 0.6 is 0 Å². The number of anilines is 2. The summed E-state index contributed by atoms with van der Waals surface area (Å²) < 4.78 is 13.5. The van der Waals surface area contributed by atoms with Crippen LogP contribution in [0.25, 0.3) is 27.6 Å². The number of carbonyl (C=O) groups excluding carboxylic acids is 1. The van der Waals surface area contributed by atoms with E-state index < -0.39 is 10.8 Å². The number of nitrogens with one attached hydrogen (secondary N) is 2. The van der Waals surface area contributed by atoms with Crippen molar-refractivity contribution in [2.75, 3.05) is 35.2 Å². The van der Waals surface area contributed by atoms with Gasteiger partial charge >= 0.3 is 6.03 Å². The fourth-order valence-corrected chi connectivity index (χ4v) is 6.52. The third-order valence-electron chi connectivity index (χ3n) is 7.96. The molecule has 6 rings (SSSR count). The van der Waals surface area contributed by atoms with Gasteiger partial charge in [-0.15, -0.1) is 0 Å². The van der Waals surface area contributed by atoms with E-state index in [4.69, 9.17) is 10.1 Å². The molecule has 3 heterocycles. The van der Waals surface area contributed by atoms with Crippen LogP contribution in [0.1, 0.15) is 37.7 Å². The molecule has 1 saturated heterocycles. The van der Waals surface area contributed by atoms with Gasteiger partial charge in [0.15, 0.2) is 0 Å². The number of aryl methyl sites for hydroxylation is 1. The molecule has 0 saturated carbocycles. The summed E-state index contributed by atoms with van der Waals surface area (Å²) in [7, 11) is -0.686. The molecular formula is C35H38N6O2S. The predicted octanol–water partition coefficient (Wildman–Crippen LogP) is 6.90. The number of fused-ring (bicyclic) bond motifs is 1. The Morgan fingerprint density at radius 1 is 0.909 bits per heavy atom. The first-order chi connectivity index (χ1) is 21.1. The Hall–Kier alpha value is -4.34. The van der Waals surface area contributed by atoms with Gasteiger partial charge in [0.2, 0.25) is 0 Å². The Morgan fingerprint density at radius 3 is 2.32 bits per heavy atom. The average molecular weight is 607 g/mol. The van der Waals surface area contributed by atoms with Crippen LogP contribution in [0.3, 0.4) is 0 Å². The van der Waals surface area contributed by atoms with E-state index >= 15 is 0 Å². The van der Waals surface area contributed by atoms with E-state index in [1.54, 1.807) is 4.68 Å². The highest BCUT2D eigenvalue weighted by Crippen LogP contribution is 2.33. The van der Waals surface area contributed by atoms with Crippen LogP contribution in [-0.2, 0) is 22.8 Å². The molecule has 3 aromatic carbocycles. The molecule has 0 unspecified atom stereocenters. The molecule has 2 aromatic heterocycles. The summed E-state index contributed by atoms with van der Waals surface area (Å²) in [5, 5.41) is 12.9. The number of hydrogen-bond acceptors (Lipinski definition) is 5. The largest absolute Gasteiger partial charge is 0.324 e. The highest BCUT2D eigenvalue weighted by Gasteiger charge is 2.22. The standard InChI is InChI=1S/C35H38N6O2S/c1-24-9-13-27(14-10-24)41-33(21-32(39-41)35(2,3)4)38-34(42)37-31-16-15-28(29-7-5-6-8-30(29)31)25-11-12-26(36-22-25)23-40-17-19-44(43)20-18-40/h5-16,21-22H,17-20,23H2,1-4H3,(H2,37,38,42). The van der Waals surface area contributed by atoms with Gasteiger partial charge in [-0.25, -0.2) is 9.48 Å². The van der Waals surface area contributed by atoms with Gasteiger partial charge in [0.1, 0.15) is 5.82 Å². The van der Waals surface area contributed by atoms with Crippen molar-refractivity contribution in [2.45, 2.75) is 39.7 Å². The number of benzene rings is 3. The lowest BCUT2D eigenvalue weighted by Crippen LogP contribution is -2.37. The van der Waals surface area contributed by atoms with Gasteiger partial charge in [-0.05, 0) is 42.1 Å². The highest BCUT2D eigenvalue weighted by molar-refractivity contribution is 7.85. The molecule has 0 bridgehead atoms. The van der Waals surface area contributed by atoms with Gasteiger partial charge in [-0.2, -0.15) is 5.10 Å². The fraction of sp³-hybridized carbons (Fsp3) is 0.286.